The first kappa shape index (κ1) is 16.7. The van der Waals surface area contributed by atoms with E-state index in [0.29, 0.717) is 29.7 Å². The first-order valence-electron chi connectivity index (χ1n) is 7.95. The van der Waals surface area contributed by atoms with Gasteiger partial charge in [0.1, 0.15) is 5.76 Å². The van der Waals surface area contributed by atoms with E-state index >= 15 is 0 Å². The zero-order valence-electron chi connectivity index (χ0n) is 14.2. The van der Waals surface area contributed by atoms with Gasteiger partial charge in [-0.1, -0.05) is 18.1 Å². The van der Waals surface area contributed by atoms with Gasteiger partial charge in [-0.2, -0.15) is 4.98 Å². The number of hydrogen-bond acceptors (Lipinski definition) is 6. The maximum absolute atomic E-state index is 12.3. The van der Waals surface area contributed by atoms with Gasteiger partial charge >= 0.3 is 6.03 Å². The number of anilines is 1. The first-order chi connectivity index (χ1) is 12.0. The SMILES string of the molecule is CCC(NC(=O)Nc1cccc(-c2ncc(C)o2)c1)c1noc(C)n1. The molecule has 0 spiro atoms. The minimum absolute atomic E-state index is 0.324. The number of rotatable bonds is 5. The van der Waals surface area contributed by atoms with Gasteiger partial charge in [0, 0.05) is 18.2 Å². The van der Waals surface area contributed by atoms with Gasteiger partial charge in [0.05, 0.1) is 12.2 Å². The number of carbonyl (C=O) groups excluding carboxylic acids is 1. The molecule has 2 heterocycles. The van der Waals surface area contributed by atoms with Gasteiger partial charge in [-0.15, -0.1) is 0 Å². The molecule has 0 aliphatic carbocycles. The third kappa shape index (κ3) is 4.03. The van der Waals surface area contributed by atoms with Crippen LogP contribution < -0.4 is 10.6 Å². The molecule has 3 rings (SSSR count). The van der Waals surface area contributed by atoms with Gasteiger partial charge in [-0.05, 0) is 31.5 Å². The highest BCUT2D eigenvalue weighted by Crippen LogP contribution is 2.22. The summed E-state index contributed by atoms with van der Waals surface area (Å²) in [5.41, 5.74) is 1.41. The fourth-order valence-corrected chi connectivity index (χ4v) is 2.35. The largest absolute Gasteiger partial charge is 0.441 e. The number of nitrogens with one attached hydrogen (secondary N) is 2. The lowest BCUT2D eigenvalue weighted by atomic mass is 10.2. The Balaban J connectivity index is 1.68. The Hall–Kier alpha value is -3.16. The smallest absolute Gasteiger partial charge is 0.319 e. The maximum atomic E-state index is 12.3. The Morgan fingerprint density at radius 3 is 2.80 bits per heavy atom. The molecule has 25 heavy (non-hydrogen) atoms. The summed E-state index contributed by atoms with van der Waals surface area (Å²) in [6.45, 7) is 5.47. The van der Waals surface area contributed by atoms with Crippen LogP contribution in [0.5, 0.6) is 0 Å². The average Bonchev–Trinajstić information content (AvgIpc) is 3.21. The van der Waals surface area contributed by atoms with E-state index in [0.717, 1.165) is 11.3 Å². The zero-order chi connectivity index (χ0) is 17.8. The number of oxazole rings is 1. The van der Waals surface area contributed by atoms with Gasteiger partial charge in [0.25, 0.3) is 0 Å². The summed E-state index contributed by atoms with van der Waals surface area (Å²) in [6.07, 6.45) is 2.29. The van der Waals surface area contributed by atoms with Crippen LogP contribution >= 0.6 is 0 Å². The van der Waals surface area contributed by atoms with Crippen molar-refractivity contribution >= 4 is 11.7 Å². The van der Waals surface area contributed by atoms with Crippen molar-refractivity contribution in [2.24, 2.45) is 0 Å². The van der Waals surface area contributed by atoms with Crippen LogP contribution in [0.25, 0.3) is 11.5 Å². The molecule has 0 bridgehead atoms. The Morgan fingerprint density at radius 2 is 2.16 bits per heavy atom. The van der Waals surface area contributed by atoms with Crippen molar-refractivity contribution in [1.29, 1.82) is 0 Å². The fraction of sp³-hybridized carbons (Fsp3) is 0.294. The Kier molecular flexibility index (Phi) is 4.78. The van der Waals surface area contributed by atoms with Crippen LogP contribution in [-0.2, 0) is 0 Å². The van der Waals surface area contributed by atoms with Gasteiger partial charge in [0.15, 0.2) is 5.82 Å². The molecule has 2 amide bonds. The molecular formula is C17H19N5O3. The van der Waals surface area contributed by atoms with E-state index in [1.165, 1.54) is 0 Å². The number of amides is 2. The lowest BCUT2D eigenvalue weighted by Gasteiger charge is -2.14. The van der Waals surface area contributed by atoms with E-state index in [1.54, 1.807) is 25.3 Å². The topological polar surface area (TPSA) is 106 Å². The standard InChI is InChI=1S/C17H19N5O3/c1-4-14(15-19-11(3)25-22-15)21-17(23)20-13-7-5-6-12(8-13)16-18-9-10(2)24-16/h5-9,14H,4H2,1-3H3,(H2,20,21,23). The van der Waals surface area contributed by atoms with Crippen LogP contribution in [-0.4, -0.2) is 21.2 Å². The number of carbonyl (C=O) groups is 1. The van der Waals surface area contributed by atoms with E-state index in [4.69, 9.17) is 8.94 Å². The number of hydrogen-bond donors (Lipinski definition) is 2. The summed E-state index contributed by atoms with van der Waals surface area (Å²) in [4.78, 5) is 20.6. The third-order valence-corrected chi connectivity index (χ3v) is 3.56. The zero-order valence-corrected chi connectivity index (χ0v) is 14.2. The summed E-state index contributed by atoms with van der Waals surface area (Å²) >= 11 is 0. The van der Waals surface area contributed by atoms with Gasteiger partial charge < -0.3 is 19.6 Å². The van der Waals surface area contributed by atoms with Crippen molar-refractivity contribution in [3.8, 4) is 11.5 Å². The predicted molar refractivity (Wildman–Crippen MR) is 90.9 cm³/mol. The quantitative estimate of drug-likeness (QED) is 0.734. The molecule has 0 aliphatic rings. The Labute approximate surface area is 144 Å². The molecule has 1 atom stereocenters. The lowest BCUT2D eigenvalue weighted by molar-refractivity contribution is 0.247. The van der Waals surface area contributed by atoms with E-state index in [1.807, 2.05) is 26.0 Å². The molecule has 8 nitrogen and oxygen atoms in total. The Bertz CT molecular complexity index is 871. The number of aromatic nitrogens is 3. The second-order valence-electron chi connectivity index (χ2n) is 5.59. The predicted octanol–water partition coefficient (Wildman–Crippen LogP) is 3.61. The van der Waals surface area contributed by atoms with Crippen LogP contribution in [0.4, 0.5) is 10.5 Å². The number of benzene rings is 1. The highest BCUT2D eigenvalue weighted by molar-refractivity contribution is 5.90. The van der Waals surface area contributed by atoms with E-state index in [-0.39, 0.29) is 12.1 Å². The minimum Gasteiger partial charge on any atom is -0.441 e. The monoisotopic (exact) mass is 341 g/mol. The van der Waals surface area contributed by atoms with E-state index in [9.17, 15) is 4.79 Å². The second-order valence-corrected chi connectivity index (χ2v) is 5.59. The van der Waals surface area contributed by atoms with Gasteiger partial charge in [-0.25, -0.2) is 9.78 Å². The van der Waals surface area contributed by atoms with E-state index < -0.39 is 0 Å². The van der Waals surface area contributed by atoms with Crippen molar-refractivity contribution in [2.45, 2.75) is 33.2 Å². The molecule has 8 heteroatoms. The van der Waals surface area contributed by atoms with Crippen molar-refractivity contribution in [2.75, 3.05) is 5.32 Å². The Morgan fingerprint density at radius 1 is 1.32 bits per heavy atom. The van der Waals surface area contributed by atoms with Crippen molar-refractivity contribution < 1.29 is 13.7 Å². The number of nitrogens with zero attached hydrogens (tertiary/aromatic N) is 3. The van der Waals surface area contributed by atoms with Crippen LogP contribution in [0.2, 0.25) is 0 Å². The van der Waals surface area contributed by atoms with Crippen LogP contribution in [0.3, 0.4) is 0 Å². The highest BCUT2D eigenvalue weighted by atomic mass is 16.5. The summed E-state index contributed by atoms with van der Waals surface area (Å²) in [7, 11) is 0. The van der Waals surface area contributed by atoms with Crippen LogP contribution in [0, 0.1) is 13.8 Å². The minimum atomic E-state index is -0.352. The average molecular weight is 341 g/mol. The summed E-state index contributed by atoms with van der Waals surface area (Å²) in [6, 6.07) is 6.60. The van der Waals surface area contributed by atoms with Crippen molar-refractivity contribution in [1.82, 2.24) is 20.4 Å². The van der Waals surface area contributed by atoms with E-state index in [2.05, 4.69) is 25.8 Å². The number of aryl methyl sites for hydroxylation is 2. The highest BCUT2D eigenvalue weighted by Gasteiger charge is 2.18. The normalized spacial score (nSPS) is 12.0. The molecule has 0 radical (unpaired) electrons. The summed E-state index contributed by atoms with van der Waals surface area (Å²) in [5.74, 6) is 2.16. The van der Waals surface area contributed by atoms with Gasteiger partial charge in [-0.3, -0.25) is 0 Å². The molecule has 0 fully saturated rings. The van der Waals surface area contributed by atoms with Crippen LogP contribution in [0.1, 0.15) is 36.9 Å². The molecule has 2 N–H and O–H groups in total. The molecular weight excluding hydrogens is 322 g/mol. The summed E-state index contributed by atoms with van der Waals surface area (Å²) < 4.78 is 10.5. The molecule has 1 unspecified atom stereocenters. The molecule has 0 saturated heterocycles. The van der Waals surface area contributed by atoms with Crippen molar-refractivity contribution in [3.05, 3.63) is 47.9 Å². The molecule has 130 valence electrons. The van der Waals surface area contributed by atoms with Crippen LogP contribution in [0.15, 0.2) is 39.4 Å². The third-order valence-electron chi connectivity index (χ3n) is 3.56. The second kappa shape index (κ2) is 7.16. The molecule has 1 aromatic carbocycles. The molecule has 0 aliphatic heterocycles. The van der Waals surface area contributed by atoms with Gasteiger partial charge in [0.2, 0.25) is 11.8 Å². The first-order valence-corrected chi connectivity index (χ1v) is 7.95. The van der Waals surface area contributed by atoms with Crippen molar-refractivity contribution in [3.63, 3.8) is 0 Å². The maximum Gasteiger partial charge on any atom is 0.319 e. The molecule has 3 aromatic rings. The lowest BCUT2D eigenvalue weighted by Crippen LogP contribution is -2.32. The fourth-order valence-electron chi connectivity index (χ4n) is 2.35. The summed E-state index contributed by atoms with van der Waals surface area (Å²) in [5, 5.41) is 9.48. The molecule has 2 aromatic heterocycles. The molecule has 0 saturated carbocycles. The number of urea groups is 1.